The zero-order valence-electron chi connectivity index (χ0n) is 17.1. The average molecular weight is 396 g/mol. The van der Waals surface area contributed by atoms with Crippen LogP contribution in [0.15, 0.2) is 42.5 Å². The number of amides is 3. The predicted octanol–water partition coefficient (Wildman–Crippen LogP) is 4.70. The van der Waals surface area contributed by atoms with Crippen LogP contribution in [0.4, 0.5) is 15.3 Å². The quantitative estimate of drug-likeness (QED) is 0.816. The number of urea groups is 1. The highest BCUT2D eigenvalue weighted by Gasteiger charge is 2.41. The molecule has 6 nitrogen and oxygen atoms in total. The number of hydrogen-bond acceptors (Lipinski definition) is 3. The molecule has 6 heteroatoms. The Labute approximate surface area is 171 Å². The van der Waals surface area contributed by atoms with Crippen LogP contribution >= 0.6 is 0 Å². The Balaban J connectivity index is 1.36. The van der Waals surface area contributed by atoms with Crippen LogP contribution in [0, 0.1) is 5.92 Å². The molecule has 2 saturated heterocycles. The zero-order chi connectivity index (χ0) is 20.4. The molecule has 2 aromatic carbocycles. The summed E-state index contributed by atoms with van der Waals surface area (Å²) in [7, 11) is 0. The van der Waals surface area contributed by atoms with E-state index in [1.54, 1.807) is 0 Å². The van der Waals surface area contributed by atoms with Crippen molar-refractivity contribution in [3.05, 3.63) is 42.5 Å². The van der Waals surface area contributed by atoms with Crippen LogP contribution in [-0.4, -0.2) is 53.7 Å². The molecule has 0 aliphatic carbocycles. The van der Waals surface area contributed by atoms with E-state index in [9.17, 15) is 9.59 Å². The summed E-state index contributed by atoms with van der Waals surface area (Å²) >= 11 is 0. The lowest BCUT2D eigenvalue weighted by Crippen LogP contribution is -2.51. The number of nitrogens with zero attached hydrogens (tertiary/aromatic N) is 2. The maximum absolute atomic E-state index is 12.7. The Morgan fingerprint density at radius 1 is 1.17 bits per heavy atom. The number of nitrogens with one attached hydrogen (secondary N) is 1. The molecule has 0 bridgehead atoms. The maximum atomic E-state index is 12.7. The van der Waals surface area contributed by atoms with Gasteiger partial charge in [-0.15, -0.1) is 0 Å². The molecule has 2 heterocycles. The normalized spacial score (nSPS) is 21.3. The standard InChI is InChI=1S/C23H29N3O3/c1-3-16(2)21-15-29-23(28)26(21)20-10-12-25(13-11-20)22(27)24-19-9-8-17-6-4-5-7-18(17)14-19/h4-9,14,16,20-21H,3,10-13,15H2,1-2H3,(H,24,27). The SMILES string of the molecule is CCC(C)C1COC(=O)N1C1CCN(C(=O)Nc2ccc3ccccc3c2)CC1. The fourth-order valence-corrected chi connectivity index (χ4v) is 4.39. The van der Waals surface area contributed by atoms with Crippen molar-refractivity contribution < 1.29 is 14.3 Å². The van der Waals surface area contributed by atoms with Crippen molar-refractivity contribution in [2.24, 2.45) is 5.92 Å². The van der Waals surface area contributed by atoms with Gasteiger partial charge in [0.2, 0.25) is 0 Å². The summed E-state index contributed by atoms with van der Waals surface area (Å²) in [5, 5.41) is 5.27. The second kappa shape index (κ2) is 8.31. The third kappa shape index (κ3) is 4.02. The molecule has 0 spiro atoms. The molecular weight excluding hydrogens is 366 g/mol. The van der Waals surface area contributed by atoms with Gasteiger partial charge in [0.05, 0.1) is 6.04 Å². The number of hydrogen-bond donors (Lipinski definition) is 1. The number of cyclic esters (lactones) is 1. The molecular formula is C23H29N3O3. The summed E-state index contributed by atoms with van der Waals surface area (Å²) in [6.07, 6.45) is 2.39. The maximum Gasteiger partial charge on any atom is 0.410 e. The minimum atomic E-state index is -0.200. The smallest absolute Gasteiger partial charge is 0.410 e. The van der Waals surface area contributed by atoms with Gasteiger partial charge in [-0.1, -0.05) is 50.6 Å². The topological polar surface area (TPSA) is 61.9 Å². The molecule has 2 atom stereocenters. The van der Waals surface area contributed by atoms with Gasteiger partial charge in [0.25, 0.3) is 0 Å². The van der Waals surface area contributed by atoms with E-state index in [0.29, 0.717) is 25.6 Å². The number of likely N-dealkylation sites (tertiary alicyclic amines) is 1. The Morgan fingerprint density at radius 2 is 1.90 bits per heavy atom. The fraction of sp³-hybridized carbons (Fsp3) is 0.478. The number of ether oxygens (including phenoxy) is 1. The Hall–Kier alpha value is -2.76. The van der Waals surface area contributed by atoms with Gasteiger partial charge in [-0.2, -0.15) is 0 Å². The van der Waals surface area contributed by atoms with Crippen molar-refractivity contribution in [1.29, 1.82) is 0 Å². The summed E-state index contributed by atoms with van der Waals surface area (Å²) in [6.45, 7) is 6.08. The molecule has 4 rings (SSSR count). The highest BCUT2D eigenvalue weighted by Crippen LogP contribution is 2.29. The second-order valence-corrected chi connectivity index (χ2v) is 8.15. The molecule has 154 valence electrons. The Kier molecular flexibility index (Phi) is 5.60. The lowest BCUT2D eigenvalue weighted by Gasteiger charge is -2.39. The van der Waals surface area contributed by atoms with Gasteiger partial charge in [0.1, 0.15) is 6.61 Å². The van der Waals surface area contributed by atoms with Crippen LogP contribution in [0.3, 0.4) is 0 Å². The molecule has 29 heavy (non-hydrogen) atoms. The van der Waals surface area contributed by atoms with E-state index in [2.05, 4.69) is 25.2 Å². The number of fused-ring (bicyclic) bond motifs is 1. The van der Waals surface area contributed by atoms with Crippen LogP contribution in [0.25, 0.3) is 10.8 Å². The van der Waals surface area contributed by atoms with Gasteiger partial charge in [-0.3, -0.25) is 4.90 Å². The zero-order valence-corrected chi connectivity index (χ0v) is 17.1. The molecule has 3 amide bonds. The minimum absolute atomic E-state index is 0.0822. The molecule has 2 fully saturated rings. The van der Waals surface area contributed by atoms with E-state index in [0.717, 1.165) is 35.7 Å². The second-order valence-electron chi connectivity index (χ2n) is 8.15. The number of anilines is 1. The van der Waals surface area contributed by atoms with E-state index in [-0.39, 0.29) is 24.2 Å². The van der Waals surface area contributed by atoms with Gasteiger partial charge in [0, 0.05) is 24.8 Å². The average Bonchev–Trinajstić information content (AvgIpc) is 3.14. The molecule has 0 saturated carbocycles. The van der Waals surface area contributed by atoms with Crippen LogP contribution in [0.5, 0.6) is 0 Å². The van der Waals surface area contributed by atoms with Gasteiger partial charge in [-0.05, 0) is 41.7 Å². The van der Waals surface area contributed by atoms with Crippen molar-refractivity contribution in [3.63, 3.8) is 0 Å². The highest BCUT2D eigenvalue weighted by atomic mass is 16.6. The number of carbonyl (C=O) groups excluding carboxylic acids is 2. The Bertz CT molecular complexity index is 892. The number of benzene rings is 2. The lowest BCUT2D eigenvalue weighted by atomic mass is 9.95. The van der Waals surface area contributed by atoms with Crippen molar-refractivity contribution >= 4 is 28.6 Å². The number of rotatable bonds is 4. The van der Waals surface area contributed by atoms with E-state index in [1.165, 1.54) is 0 Å². The van der Waals surface area contributed by atoms with Crippen molar-refractivity contribution in [2.75, 3.05) is 25.0 Å². The first kappa shape index (κ1) is 19.6. The van der Waals surface area contributed by atoms with Gasteiger partial charge >= 0.3 is 12.1 Å². The molecule has 0 aromatic heterocycles. The summed E-state index contributed by atoms with van der Waals surface area (Å²) < 4.78 is 5.34. The molecule has 1 N–H and O–H groups in total. The lowest BCUT2D eigenvalue weighted by molar-refractivity contribution is 0.105. The number of piperidine rings is 1. The first-order chi connectivity index (χ1) is 14.1. The Morgan fingerprint density at radius 3 is 2.62 bits per heavy atom. The third-order valence-electron chi connectivity index (χ3n) is 6.39. The van der Waals surface area contributed by atoms with Gasteiger partial charge < -0.3 is 15.0 Å². The number of carbonyl (C=O) groups is 2. The minimum Gasteiger partial charge on any atom is -0.447 e. The summed E-state index contributed by atoms with van der Waals surface area (Å²) in [4.78, 5) is 28.8. The van der Waals surface area contributed by atoms with Crippen LogP contribution in [-0.2, 0) is 4.74 Å². The third-order valence-corrected chi connectivity index (χ3v) is 6.39. The summed E-state index contributed by atoms with van der Waals surface area (Å²) in [6, 6.07) is 14.3. The first-order valence-electron chi connectivity index (χ1n) is 10.6. The van der Waals surface area contributed by atoms with Crippen LogP contribution in [0.2, 0.25) is 0 Å². The fourth-order valence-electron chi connectivity index (χ4n) is 4.39. The predicted molar refractivity (Wildman–Crippen MR) is 114 cm³/mol. The molecule has 2 aromatic rings. The molecule has 2 aliphatic rings. The van der Waals surface area contributed by atoms with Gasteiger partial charge in [-0.25, -0.2) is 9.59 Å². The van der Waals surface area contributed by atoms with E-state index >= 15 is 0 Å². The van der Waals surface area contributed by atoms with Crippen molar-refractivity contribution in [3.8, 4) is 0 Å². The molecule has 2 unspecified atom stereocenters. The first-order valence-corrected chi connectivity index (χ1v) is 10.6. The van der Waals surface area contributed by atoms with E-state index in [4.69, 9.17) is 4.74 Å². The summed E-state index contributed by atoms with van der Waals surface area (Å²) in [5.74, 6) is 0.413. The van der Waals surface area contributed by atoms with Gasteiger partial charge in [0.15, 0.2) is 0 Å². The van der Waals surface area contributed by atoms with Crippen molar-refractivity contribution in [2.45, 2.75) is 45.2 Å². The van der Waals surface area contributed by atoms with E-state index < -0.39 is 0 Å². The van der Waals surface area contributed by atoms with Crippen molar-refractivity contribution in [1.82, 2.24) is 9.80 Å². The molecule has 0 radical (unpaired) electrons. The highest BCUT2D eigenvalue weighted by molar-refractivity contribution is 5.93. The van der Waals surface area contributed by atoms with Crippen LogP contribution in [0.1, 0.15) is 33.1 Å². The molecule has 2 aliphatic heterocycles. The van der Waals surface area contributed by atoms with Crippen LogP contribution < -0.4 is 5.32 Å². The largest absolute Gasteiger partial charge is 0.447 e. The van der Waals surface area contributed by atoms with E-state index in [1.807, 2.05) is 46.2 Å². The summed E-state index contributed by atoms with van der Waals surface area (Å²) in [5.41, 5.74) is 0.802. The monoisotopic (exact) mass is 395 g/mol.